The minimum Gasteiger partial charge on any atom is -0.352 e. The molecule has 2 saturated heterocycles. The van der Waals surface area contributed by atoms with E-state index in [1.54, 1.807) is 18.3 Å². The smallest absolute Gasteiger partial charge is 0.227 e. The van der Waals surface area contributed by atoms with Crippen LogP contribution in [0.3, 0.4) is 0 Å². The highest BCUT2D eigenvalue weighted by Crippen LogP contribution is 2.31. The lowest BCUT2D eigenvalue weighted by Crippen LogP contribution is -2.52. The second kappa shape index (κ2) is 9.31. The third-order valence-electron chi connectivity index (χ3n) is 6.27. The van der Waals surface area contributed by atoms with E-state index in [4.69, 9.17) is 33.2 Å². The molecule has 1 aromatic carbocycles. The Balaban J connectivity index is 1.47. The van der Waals surface area contributed by atoms with Crippen LogP contribution in [0.4, 0.5) is 22.0 Å². The van der Waals surface area contributed by atoms with Crippen molar-refractivity contribution in [2.75, 3.05) is 47.4 Å². The molecule has 9 heteroatoms. The van der Waals surface area contributed by atoms with Crippen molar-refractivity contribution >= 4 is 40.8 Å². The van der Waals surface area contributed by atoms with E-state index in [-0.39, 0.29) is 11.1 Å². The Morgan fingerprint density at radius 1 is 0.939 bits per heavy atom. The molecular weight excluding hydrogens is 462 g/mol. The van der Waals surface area contributed by atoms with Gasteiger partial charge in [-0.05, 0) is 50.1 Å². The zero-order chi connectivity index (χ0) is 22.9. The van der Waals surface area contributed by atoms with Crippen molar-refractivity contribution in [1.82, 2.24) is 15.0 Å². The van der Waals surface area contributed by atoms with Crippen LogP contribution < -0.4 is 14.7 Å². The van der Waals surface area contributed by atoms with Crippen LogP contribution >= 0.6 is 23.2 Å². The summed E-state index contributed by atoms with van der Waals surface area (Å²) >= 11 is 12.5. The van der Waals surface area contributed by atoms with E-state index in [2.05, 4.69) is 26.6 Å². The van der Waals surface area contributed by atoms with Crippen LogP contribution in [0, 0.1) is 5.82 Å². The summed E-state index contributed by atoms with van der Waals surface area (Å²) < 4.78 is 13.8. The number of nitrogens with zero attached hydrogens (tertiary/aromatic N) is 6. The fraction of sp³-hybridized carbons (Fsp3) is 0.375. The molecule has 0 bridgehead atoms. The SMILES string of the molecule is C[C@@H]1CN(c2ncccc2Cl)CCN1c1cc(-c2ccc(F)c(Cl)c2)nc(N2CCCC2)n1. The number of rotatable bonds is 4. The molecule has 3 aromatic rings. The average Bonchev–Trinajstić information content (AvgIpc) is 3.36. The van der Waals surface area contributed by atoms with Gasteiger partial charge in [0.25, 0.3) is 0 Å². The summed E-state index contributed by atoms with van der Waals surface area (Å²) in [6.45, 7) is 6.38. The van der Waals surface area contributed by atoms with Gasteiger partial charge in [0.2, 0.25) is 5.95 Å². The van der Waals surface area contributed by atoms with E-state index in [0.717, 1.165) is 68.5 Å². The van der Waals surface area contributed by atoms with Gasteiger partial charge in [-0.1, -0.05) is 23.2 Å². The van der Waals surface area contributed by atoms with Gasteiger partial charge in [-0.25, -0.2) is 14.4 Å². The van der Waals surface area contributed by atoms with E-state index < -0.39 is 5.82 Å². The highest BCUT2D eigenvalue weighted by Gasteiger charge is 2.28. The minimum absolute atomic E-state index is 0.0876. The van der Waals surface area contributed by atoms with Gasteiger partial charge in [-0.15, -0.1) is 0 Å². The molecule has 0 aliphatic carbocycles. The lowest BCUT2D eigenvalue weighted by Gasteiger charge is -2.41. The first-order valence-electron chi connectivity index (χ1n) is 11.2. The van der Waals surface area contributed by atoms with Gasteiger partial charge in [0, 0.05) is 56.6 Å². The standard InChI is InChI=1S/C24H25Cl2FN6/c1-16-15-32(23-18(25)5-4-8-28-23)11-12-33(16)22-14-21(17-6-7-20(27)19(26)13-17)29-24(30-22)31-9-2-3-10-31/h4-8,13-14,16H,2-3,9-12,15H2,1H3/t16-/m1/s1. The van der Waals surface area contributed by atoms with Crippen LogP contribution in [0.2, 0.25) is 10.0 Å². The molecule has 0 amide bonds. The summed E-state index contributed by atoms with van der Waals surface area (Å²) in [5.74, 6) is 1.95. The summed E-state index contributed by atoms with van der Waals surface area (Å²) in [7, 11) is 0. The van der Waals surface area contributed by atoms with Crippen molar-refractivity contribution in [2.45, 2.75) is 25.8 Å². The predicted octanol–water partition coefficient (Wildman–Crippen LogP) is 5.30. The summed E-state index contributed by atoms with van der Waals surface area (Å²) in [6.07, 6.45) is 4.03. The highest BCUT2D eigenvalue weighted by atomic mass is 35.5. The molecule has 2 fully saturated rings. The minimum atomic E-state index is -0.438. The Labute approximate surface area is 203 Å². The number of piperazine rings is 1. The molecule has 2 aliphatic heterocycles. The molecule has 172 valence electrons. The van der Waals surface area contributed by atoms with Crippen LogP contribution in [0.15, 0.2) is 42.6 Å². The van der Waals surface area contributed by atoms with Gasteiger partial charge in [0.05, 0.1) is 15.7 Å². The number of anilines is 3. The van der Waals surface area contributed by atoms with Crippen LogP contribution in [0.1, 0.15) is 19.8 Å². The molecule has 2 aliphatic rings. The maximum atomic E-state index is 13.8. The average molecular weight is 487 g/mol. The second-order valence-electron chi connectivity index (χ2n) is 8.53. The molecule has 0 spiro atoms. The lowest BCUT2D eigenvalue weighted by molar-refractivity contribution is 0.542. The van der Waals surface area contributed by atoms with Gasteiger partial charge in [0.15, 0.2) is 0 Å². The third-order valence-corrected chi connectivity index (χ3v) is 6.85. The molecule has 0 radical (unpaired) electrons. The normalized spacial score (nSPS) is 18.8. The van der Waals surface area contributed by atoms with Crippen LogP contribution in [0.5, 0.6) is 0 Å². The number of aromatic nitrogens is 3. The van der Waals surface area contributed by atoms with Gasteiger partial charge in [0.1, 0.15) is 17.5 Å². The van der Waals surface area contributed by atoms with Crippen molar-refractivity contribution < 1.29 is 4.39 Å². The molecule has 0 N–H and O–H groups in total. The molecule has 33 heavy (non-hydrogen) atoms. The molecule has 4 heterocycles. The summed E-state index contributed by atoms with van der Waals surface area (Å²) in [5, 5.41) is 0.747. The predicted molar refractivity (Wildman–Crippen MR) is 132 cm³/mol. The van der Waals surface area contributed by atoms with E-state index in [1.807, 2.05) is 18.2 Å². The molecule has 0 saturated carbocycles. The number of halogens is 3. The molecular formula is C24H25Cl2FN6. The van der Waals surface area contributed by atoms with E-state index in [9.17, 15) is 4.39 Å². The van der Waals surface area contributed by atoms with Gasteiger partial charge in [-0.3, -0.25) is 0 Å². The fourth-order valence-corrected chi connectivity index (χ4v) is 4.95. The van der Waals surface area contributed by atoms with Crippen molar-refractivity contribution in [3.8, 4) is 11.3 Å². The van der Waals surface area contributed by atoms with E-state index in [0.29, 0.717) is 11.0 Å². The maximum Gasteiger partial charge on any atom is 0.227 e. The molecule has 2 aromatic heterocycles. The molecule has 5 rings (SSSR count). The van der Waals surface area contributed by atoms with E-state index in [1.165, 1.54) is 6.07 Å². The van der Waals surface area contributed by atoms with Crippen molar-refractivity contribution in [2.24, 2.45) is 0 Å². The Kier molecular flexibility index (Phi) is 6.25. The van der Waals surface area contributed by atoms with Gasteiger partial charge >= 0.3 is 0 Å². The largest absolute Gasteiger partial charge is 0.352 e. The van der Waals surface area contributed by atoms with Crippen LogP contribution in [-0.4, -0.2) is 53.7 Å². The Hall–Kier alpha value is -2.64. The van der Waals surface area contributed by atoms with Gasteiger partial charge < -0.3 is 14.7 Å². The maximum absolute atomic E-state index is 13.8. The van der Waals surface area contributed by atoms with Crippen molar-refractivity contribution in [3.63, 3.8) is 0 Å². The summed E-state index contributed by atoms with van der Waals surface area (Å²) in [4.78, 5) is 21.0. The quantitative estimate of drug-likeness (QED) is 0.498. The first-order valence-corrected chi connectivity index (χ1v) is 12.0. The monoisotopic (exact) mass is 486 g/mol. The second-order valence-corrected chi connectivity index (χ2v) is 9.35. The first-order chi connectivity index (χ1) is 16.0. The molecule has 6 nitrogen and oxygen atoms in total. The van der Waals surface area contributed by atoms with Gasteiger partial charge in [-0.2, -0.15) is 4.98 Å². The third kappa shape index (κ3) is 4.57. The van der Waals surface area contributed by atoms with Crippen molar-refractivity contribution in [3.05, 3.63) is 58.5 Å². The topological polar surface area (TPSA) is 48.4 Å². The van der Waals surface area contributed by atoms with Crippen LogP contribution in [-0.2, 0) is 0 Å². The summed E-state index contributed by atoms with van der Waals surface area (Å²) in [5.41, 5.74) is 1.52. The number of benzene rings is 1. The lowest BCUT2D eigenvalue weighted by atomic mass is 10.1. The Bertz CT molecular complexity index is 1150. The van der Waals surface area contributed by atoms with Crippen LogP contribution in [0.25, 0.3) is 11.3 Å². The summed E-state index contributed by atoms with van der Waals surface area (Å²) in [6, 6.07) is 10.6. The molecule has 0 unspecified atom stereocenters. The zero-order valence-electron chi connectivity index (χ0n) is 18.4. The molecule has 1 atom stereocenters. The number of hydrogen-bond donors (Lipinski definition) is 0. The fourth-order valence-electron chi connectivity index (χ4n) is 4.53. The highest BCUT2D eigenvalue weighted by molar-refractivity contribution is 6.33. The van der Waals surface area contributed by atoms with Crippen molar-refractivity contribution in [1.29, 1.82) is 0 Å². The Morgan fingerprint density at radius 3 is 2.48 bits per heavy atom. The van der Waals surface area contributed by atoms with E-state index >= 15 is 0 Å². The number of hydrogen-bond acceptors (Lipinski definition) is 6. The zero-order valence-corrected chi connectivity index (χ0v) is 19.9. The number of pyridine rings is 1. The first kappa shape index (κ1) is 22.2. The Morgan fingerprint density at radius 2 is 1.76 bits per heavy atom.